The molecule has 1 aromatic carbocycles. The third-order valence-electron chi connectivity index (χ3n) is 5.64. The lowest BCUT2D eigenvalue weighted by Crippen LogP contribution is -2.48. The minimum Gasteiger partial charge on any atom is -0.439 e. The van der Waals surface area contributed by atoms with Crippen LogP contribution in [0.25, 0.3) is 0 Å². The molecule has 190 valence electrons. The average molecular weight is 476 g/mol. The first kappa shape index (κ1) is 28.1. The number of aliphatic hydroxyl groups excluding tert-OH is 1. The normalized spacial score (nSPS) is 20.4. The van der Waals surface area contributed by atoms with Crippen LogP contribution < -0.4 is 0 Å². The fourth-order valence-electron chi connectivity index (χ4n) is 4.07. The van der Waals surface area contributed by atoms with E-state index in [0.717, 1.165) is 18.4 Å². The highest BCUT2D eigenvalue weighted by Crippen LogP contribution is 2.23. The van der Waals surface area contributed by atoms with Gasteiger partial charge >= 0.3 is 6.09 Å². The molecule has 1 fully saturated rings. The summed E-state index contributed by atoms with van der Waals surface area (Å²) in [7, 11) is 0. The molecule has 0 saturated carbocycles. The number of amides is 1. The fourth-order valence-corrected chi connectivity index (χ4v) is 4.07. The van der Waals surface area contributed by atoms with Gasteiger partial charge in [0, 0.05) is 18.7 Å². The molecule has 1 heterocycles. The van der Waals surface area contributed by atoms with Crippen molar-refractivity contribution in [3.63, 3.8) is 0 Å². The smallest absolute Gasteiger partial charge is 0.410 e. The van der Waals surface area contributed by atoms with Gasteiger partial charge < -0.3 is 29.0 Å². The Bertz CT molecular complexity index is 743. The number of carbonyl (C=O) groups excluding carboxylic acids is 1. The van der Waals surface area contributed by atoms with Crippen molar-refractivity contribution in [2.24, 2.45) is 0 Å². The van der Waals surface area contributed by atoms with E-state index in [1.165, 1.54) is 0 Å². The second kappa shape index (κ2) is 14.9. The molecule has 0 spiro atoms. The molecular weight excluding hydrogens is 434 g/mol. The van der Waals surface area contributed by atoms with E-state index in [2.05, 4.69) is 6.58 Å². The van der Waals surface area contributed by atoms with E-state index >= 15 is 0 Å². The van der Waals surface area contributed by atoms with Gasteiger partial charge in [-0.1, -0.05) is 42.5 Å². The molecule has 1 N–H and O–H groups in total. The van der Waals surface area contributed by atoms with Crippen molar-refractivity contribution in [1.29, 1.82) is 0 Å². The van der Waals surface area contributed by atoms with Gasteiger partial charge in [-0.3, -0.25) is 0 Å². The van der Waals surface area contributed by atoms with Crippen molar-refractivity contribution in [3.05, 3.63) is 60.7 Å². The average Bonchev–Trinajstić information content (AvgIpc) is 2.81. The number of hydrogen-bond donors (Lipinski definition) is 1. The summed E-state index contributed by atoms with van der Waals surface area (Å²) in [6, 6.07) is 9.80. The number of ether oxygens (including phenoxy) is 4. The zero-order valence-corrected chi connectivity index (χ0v) is 21.0. The summed E-state index contributed by atoms with van der Waals surface area (Å²) in [5.41, 5.74) is 1.04. The molecule has 1 aromatic rings. The Labute approximate surface area is 204 Å². The zero-order chi connectivity index (χ0) is 24.9. The molecule has 4 atom stereocenters. The van der Waals surface area contributed by atoms with Crippen LogP contribution in [-0.4, -0.2) is 72.4 Å². The molecule has 0 bridgehead atoms. The molecular formula is C27H41NO6. The Hall–Kier alpha value is -2.19. The van der Waals surface area contributed by atoms with Gasteiger partial charge in [0.1, 0.15) is 12.2 Å². The van der Waals surface area contributed by atoms with Crippen LogP contribution in [0.5, 0.6) is 0 Å². The van der Waals surface area contributed by atoms with Crippen molar-refractivity contribution in [3.8, 4) is 0 Å². The highest BCUT2D eigenvalue weighted by Gasteiger charge is 2.33. The lowest BCUT2D eigenvalue weighted by atomic mass is 10.0. The van der Waals surface area contributed by atoms with Crippen LogP contribution in [0.15, 0.2) is 55.1 Å². The van der Waals surface area contributed by atoms with Crippen LogP contribution in [0.4, 0.5) is 4.79 Å². The van der Waals surface area contributed by atoms with Gasteiger partial charge in [-0.2, -0.15) is 0 Å². The first-order chi connectivity index (χ1) is 16.4. The number of nitrogens with zero attached hydrogens (tertiary/aromatic N) is 1. The Morgan fingerprint density at radius 2 is 1.94 bits per heavy atom. The van der Waals surface area contributed by atoms with Gasteiger partial charge in [-0.25, -0.2) is 4.79 Å². The van der Waals surface area contributed by atoms with E-state index in [0.29, 0.717) is 13.2 Å². The van der Waals surface area contributed by atoms with E-state index < -0.39 is 18.3 Å². The molecule has 0 aliphatic carbocycles. The zero-order valence-electron chi connectivity index (χ0n) is 21.0. The third kappa shape index (κ3) is 8.87. The molecule has 0 radical (unpaired) electrons. The Balaban J connectivity index is 2.22. The second-order valence-electron chi connectivity index (χ2n) is 8.98. The molecule has 7 heteroatoms. The molecule has 0 unspecified atom stereocenters. The summed E-state index contributed by atoms with van der Waals surface area (Å²) in [6.45, 7) is 12.8. The summed E-state index contributed by atoms with van der Waals surface area (Å²) in [5.74, 6) is 0. The Morgan fingerprint density at radius 1 is 1.24 bits per heavy atom. The van der Waals surface area contributed by atoms with Gasteiger partial charge in [0.2, 0.25) is 0 Å². The summed E-state index contributed by atoms with van der Waals surface area (Å²) < 4.78 is 24.2. The predicted molar refractivity (Wildman–Crippen MR) is 133 cm³/mol. The van der Waals surface area contributed by atoms with E-state index in [9.17, 15) is 9.90 Å². The molecule has 34 heavy (non-hydrogen) atoms. The lowest BCUT2D eigenvalue weighted by Gasteiger charge is -2.36. The molecule has 2 rings (SSSR count). The van der Waals surface area contributed by atoms with Crippen LogP contribution in [0.3, 0.4) is 0 Å². The standard InChI is InChI=1S/C27H41NO6/c1-6-23-24(15-11-17-32-23)33-26(19-31-18-22-12-8-7-9-13-22)25(14-10-16-29)34-27(30)28(20(2)3)21(4)5/h6-10,12-14,20-21,23-26,29H,1,11,15-19H2,2-5H3/b14-10+/t23-,24+,25+,26-/m1/s1. The van der Waals surface area contributed by atoms with Gasteiger partial charge in [-0.15, -0.1) is 6.58 Å². The number of benzene rings is 1. The number of rotatable bonds is 13. The molecule has 1 amide bonds. The van der Waals surface area contributed by atoms with E-state index in [4.69, 9.17) is 18.9 Å². The highest BCUT2D eigenvalue weighted by molar-refractivity contribution is 5.68. The van der Waals surface area contributed by atoms with Crippen molar-refractivity contribution in [2.75, 3.05) is 19.8 Å². The number of carbonyl (C=O) groups is 1. The molecule has 7 nitrogen and oxygen atoms in total. The third-order valence-corrected chi connectivity index (χ3v) is 5.64. The van der Waals surface area contributed by atoms with Crippen molar-refractivity contribution >= 4 is 6.09 Å². The van der Waals surface area contributed by atoms with Gasteiger partial charge in [0.05, 0.1) is 25.9 Å². The maximum absolute atomic E-state index is 13.1. The number of hydrogen-bond acceptors (Lipinski definition) is 6. The maximum Gasteiger partial charge on any atom is 0.410 e. The van der Waals surface area contributed by atoms with Crippen LogP contribution in [0, 0.1) is 0 Å². The van der Waals surface area contributed by atoms with E-state index in [1.54, 1.807) is 23.1 Å². The predicted octanol–water partition coefficient (Wildman–Crippen LogP) is 4.49. The summed E-state index contributed by atoms with van der Waals surface area (Å²) in [6.07, 6.45) is 4.40. The number of aliphatic hydroxyl groups is 1. The van der Waals surface area contributed by atoms with Gasteiger partial charge in [0.25, 0.3) is 0 Å². The largest absolute Gasteiger partial charge is 0.439 e. The molecule has 0 aromatic heterocycles. The monoisotopic (exact) mass is 475 g/mol. The van der Waals surface area contributed by atoms with E-state index in [1.807, 2.05) is 58.0 Å². The topological polar surface area (TPSA) is 77.5 Å². The van der Waals surface area contributed by atoms with Crippen LogP contribution in [0.1, 0.15) is 46.1 Å². The van der Waals surface area contributed by atoms with Gasteiger partial charge in [-0.05, 0) is 52.2 Å². The minimum atomic E-state index is -0.747. The fraction of sp³-hybridized carbons (Fsp3) is 0.593. The first-order valence-corrected chi connectivity index (χ1v) is 12.1. The lowest BCUT2D eigenvalue weighted by molar-refractivity contribution is -0.153. The SMILES string of the molecule is C=C[C@H]1OCCC[C@@H]1O[C@H](COCc1ccccc1)[C@H](/C=C/CO)OC(=O)N(C(C)C)C(C)C. The summed E-state index contributed by atoms with van der Waals surface area (Å²) in [4.78, 5) is 14.8. The van der Waals surface area contributed by atoms with Crippen molar-refractivity contribution in [2.45, 2.75) is 83.6 Å². The maximum atomic E-state index is 13.1. The highest BCUT2D eigenvalue weighted by atomic mass is 16.6. The Morgan fingerprint density at radius 3 is 2.56 bits per heavy atom. The molecule has 1 aliphatic rings. The van der Waals surface area contributed by atoms with Crippen LogP contribution in [-0.2, 0) is 25.6 Å². The summed E-state index contributed by atoms with van der Waals surface area (Å²) in [5, 5.41) is 9.40. The van der Waals surface area contributed by atoms with Crippen LogP contribution in [0.2, 0.25) is 0 Å². The van der Waals surface area contributed by atoms with Crippen molar-refractivity contribution in [1.82, 2.24) is 4.90 Å². The summed E-state index contributed by atoms with van der Waals surface area (Å²) >= 11 is 0. The second-order valence-corrected chi connectivity index (χ2v) is 8.98. The quantitative estimate of drug-likeness (QED) is 0.424. The van der Waals surface area contributed by atoms with E-state index in [-0.39, 0.29) is 37.5 Å². The van der Waals surface area contributed by atoms with Crippen LogP contribution >= 0.6 is 0 Å². The van der Waals surface area contributed by atoms with Gasteiger partial charge in [0.15, 0.2) is 6.10 Å². The molecule has 1 aliphatic heterocycles. The minimum absolute atomic E-state index is 0.0273. The first-order valence-electron chi connectivity index (χ1n) is 12.1. The van der Waals surface area contributed by atoms with Crippen molar-refractivity contribution < 1.29 is 28.8 Å². The Kier molecular flexibility index (Phi) is 12.3. The molecule has 1 saturated heterocycles.